The number of sulfonamides is 1. The van der Waals surface area contributed by atoms with E-state index in [1.54, 1.807) is 19.2 Å². The molecule has 1 amide bonds. The van der Waals surface area contributed by atoms with Gasteiger partial charge in [-0.2, -0.15) is 4.31 Å². The summed E-state index contributed by atoms with van der Waals surface area (Å²) in [4.78, 5) is 15.0. The van der Waals surface area contributed by atoms with Gasteiger partial charge in [0, 0.05) is 58.6 Å². The van der Waals surface area contributed by atoms with E-state index in [1.807, 2.05) is 4.90 Å². The number of nitrogens with zero attached hydrogens (tertiary/aromatic N) is 3. The quantitative estimate of drug-likeness (QED) is 0.665. The molecule has 26 heavy (non-hydrogen) atoms. The Morgan fingerprint density at radius 3 is 2.04 bits per heavy atom. The summed E-state index contributed by atoms with van der Waals surface area (Å²) in [5.41, 5.74) is 0.627. The number of hydrogen-bond acceptors (Lipinski definition) is 6. The van der Waals surface area contributed by atoms with E-state index >= 15 is 0 Å². The van der Waals surface area contributed by atoms with Gasteiger partial charge < -0.3 is 4.90 Å². The fourth-order valence-electron chi connectivity index (χ4n) is 2.66. The molecule has 2 rings (SSSR count). The Bertz CT molecular complexity index is 842. The highest BCUT2D eigenvalue weighted by Crippen LogP contribution is 2.21. The Morgan fingerprint density at radius 2 is 1.58 bits per heavy atom. The number of hydrogen-bond donors (Lipinski definition) is 0. The highest BCUT2D eigenvalue weighted by atomic mass is 32.2. The van der Waals surface area contributed by atoms with Crippen molar-refractivity contribution in [2.45, 2.75) is 11.8 Å². The van der Waals surface area contributed by atoms with Crippen LogP contribution in [-0.2, 0) is 24.7 Å². The van der Waals surface area contributed by atoms with Crippen LogP contribution < -0.4 is 4.90 Å². The summed E-state index contributed by atoms with van der Waals surface area (Å²) in [7, 11) is -5.01. The van der Waals surface area contributed by atoms with Gasteiger partial charge in [-0.3, -0.25) is 9.69 Å². The van der Waals surface area contributed by atoms with Crippen LogP contribution in [0.15, 0.2) is 29.2 Å². The smallest absolute Gasteiger partial charge is 0.243 e. The number of piperazine rings is 1. The SMILES string of the molecule is CC(=O)N(C)c1ccc(S(=O)(=O)N2CCN(CCS(C)(=O)=O)CC2)cc1. The van der Waals surface area contributed by atoms with Gasteiger partial charge in [-0.15, -0.1) is 0 Å². The fourth-order valence-corrected chi connectivity index (χ4v) is 4.67. The van der Waals surface area contributed by atoms with Crippen LogP contribution in [0.5, 0.6) is 0 Å². The summed E-state index contributed by atoms with van der Waals surface area (Å²) in [5, 5.41) is 0. The molecule has 0 spiro atoms. The monoisotopic (exact) mass is 403 g/mol. The van der Waals surface area contributed by atoms with Crippen molar-refractivity contribution < 1.29 is 21.6 Å². The minimum absolute atomic E-state index is 0.0743. The number of anilines is 1. The van der Waals surface area contributed by atoms with Crippen molar-refractivity contribution in [1.82, 2.24) is 9.21 Å². The molecule has 1 fully saturated rings. The van der Waals surface area contributed by atoms with Crippen LogP contribution in [0.4, 0.5) is 5.69 Å². The number of amides is 1. The highest BCUT2D eigenvalue weighted by molar-refractivity contribution is 7.90. The Balaban J connectivity index is 2.02. The lowest BCUT2D eigenvalue weighted by molar-refractivity contribution is -0.116. The van der Waals surface area contributed by atoms with Gasteiger partial charge in [0.15, 0.2) is 0 Å². The minimum atomic E-state index is -3.61. The van der Waals surface area contributed by atoms with Crippen LogP contribution in [0.2, 0.25) is 0 Å². The van der Waals surface area contributed by atoms with E-state index in [4.69, 9.17) is 0 Å². The van der Waals surface area contributed by atoms with Crippen LogP contribution in [0.25, 0.3) is 0 Å². The Labute approximate surface area is 155 Å². The van der Waals surface area contributed by atoms with Gasteiger partial charge in [0.25, 0.3) is 0 Å². The third-order valence-electron chi connectivity index (χ3n) is 4.44. The molecular weight excluding hydrogens is 378 g/mol. The molecule has 1 heterocycles. The molecule has 0 saturated carbocycles. The van der Waals surface area contributed by atoms with Crippen LogP contribution >= 0.6 is 0 Å². The van der Waals surface area contributed by atoms with Crippen molar-refractivity contribution in [2.75, 3.05) is 56.7 Å². The molecule has 0 atom stereocenters. The maximum Gasteiger partial charge on any atom is 0.243 e. The maximum absolute atomic E-state index is 12.8. The summed E-state index contributed by atoms with van der Waals surface area (Å²) >= 11 is 0. The second kappa shape index (κ2) is 8.03. The molecule has 0 aliphatic carbocycles. The molecule has 1 aromatic carbocycles. The predicted octanol–water partition coefficient (Wildman–Crippen LogP) is 0.0202. The molecule has 8 nitrogen and oxygen atoms in total. The van der Waals surface area contributed by atoms with Crippen LogP contribution in [0.1, 0.15) is 6.92 Å². The molecule has 0 bridgehead atoms. The Hall–Kier alpha value is -1.49. The fraction of sp³-hybridized carbons (Fsp3) is 0.562. The van der Waals surface area contributed by atoms with E-state index in [0.717, 1.165) is 0 Å². The van der Waals surface area contributed by atoms with Gasteiger partial charge in [-0.1, -0.05) is 0 Å². The van der Waals surface area contributed by atoms with Crippen molar-refractivity contribution in [2.24, 2.45) is 0 Å². The number of rotatable bonds is 6. The van der Waals surface area contributed by atoms with Crippen LogP contribution in [-0.4, -0.2) is 83.7 Å². The average molecular weight is 404 g/mol. The molecule has 0 unspecified atom stereocenters. The Kier molecular flexibility index (Phi) is 6.43. The van der Waals surface area contributed by atoms with Gasteiger partial charge in [0.2, 0.25) is 15.9 Å². The zero-order chi connectivity index (χ0) is 19.5. The van der Waals surface area contributed by atoms with Crippen molar-refractivity contribution in [1.29, 1.82) is 0 Å². The van der Waals surface area contributed by atoms with Crippen LogP contribution in [0, 0.1) is 0 Å². The number of carbonyl (C=O) groups is 1. The first-order chi connectivity index (χ1) is 12.0. The van der Waals surface area contributed by atoms with E-state index in [9.17, 15) is 21.6 Å². The van der Waals surface area contributed by atoms with Gasteiger partial charge in [-0.25, -0.2) is 16.8 Å². The van der Waals surface area contributed by atoms with Crippen LogP contribution in [0.3, 0.4) is 0 Å². The number of benzene rings is 1. The average Bonchev–Trinajstić information content (AvgIpc) is 2.59. The van der Waals surface area contributed by atoms with E-state index in [0.29, 0.717) is 38.4 Å². The summed E-state index contributed by atoms with van der Waals surface area (Å²) in [6.07, 6.45) is 1.20. The lowest BCUT2D eigenvalue weighted by Gasteiger charge is -2.33. The zero-order valence-electron chi connectivity index (χ0n) is 15.3. The predicted molar refractivity (Wildman–Crippen MR) is 100 cm³/mol. The van der Waals surface area contributed by atoms with Gasteiger partial charge in [0.05, 0.1) is 10.6 Å². The molecular formula is C16H25N3O5S2. The van der Waals surface area contributed by atoms with Crippen molar-refractivity contribution >= 4 is 31.5 Å². The molecule has 146 valence electrons. The highest BCUT2D eigenvalue weighted by Gasteiger charge is 2.28. The van der Waals surface area contributed by atoms with Crippen molar-refractivity contribution in [3.05, 3.63) is 24.3 Å². The first-order valence-corrected chi connectivity index (χ1v) is 11.8. The molecule has 0 aromatic heterocycles. The molecule has 10 heteroatoms. The first-order valence-electron chi connectivity index (χ1n) is 8.25. The summed E-state index contributed by atoms with van der Waals surface area (Å²) in [5.74, 6) is -0.0592. The lowest BCUT2D eigenvalue weighted by Crippen LogP contribution is -2.49. The third-order valence-corrected chi connectivity index (χ3v) is 7.28. The van der Waals surface area contributed by atoms with Gasteiger partial charge in [0.1, 0.15) is 9.84 Å². The van der Waals surface area contributed by atoms with E-state index in [1.165, 1.54) is 34.5 Å². The molecule has 1 aliphatic rings. The summed E-state index contributed by atoms with van der Waals surface area (Å²) in [6, 6.07) is 6.22. The third kappa shape index (κ3) is 5.26. The second-order valence-electron chi connectivity index (χ2n) is 6.45. The summed E-state index contributed by atoms with van der Waals surface area (Å²) in [6.45, 7) is 3.49. The molecule has 0 radical (unpaired) electrons. The Morgan fingerprint density at radius 1 is 1.04 bits per heavy atom. The lowest BCUT2D eigenvalue weighted by atomic mass is 10.3. The second-order valence-corrected chi connectivity index (χ2v) is 10.6. The number of carbonyl (C=O) groups excluding carboxylic acids is 1. The largest absolute Gasteiger partial charge is 0.316 e. The minimum Gasteiger partial charge on any atom is -0.316 e. The first kappa shape index (κ1) is 20.8. The van der Waals surface area contributed by atoms with E-state index < -0.39 is 19.9 Å². The number of sulfone groups is 1. The standard InChI is InChI=1S/C16H25N3O5S2/c1-14(20)17(2)15-4-6-16(7-5-15)26(23,24)19-10-8-18(9-11-19)12-13-25(3,21)22/h4-7H,8-13H2,1-3H3. The topological polar surface area (TPSA) is 95.1 Å². The molecule has 1 saturated heterocycles. The molecule has 0 N–H and O–H groups in total. The van der Waals surface area contributed by atoms with E-state index in [2.05, 4.69) is 0 Å². The summed E-state index contributed by atoms with van der Waals surface area (Å²) < 4.78 is 49.4. The molecule has 1 aliphatic heterocycles. The van der Waals surface area contributed by atoms with E-state index in [-0.39, 0.29) is 16.6 Å². The van der Waals surface area contributed by atoms with Gasteiger partial charge >= 0.3 is 0 Å². The van der Waals surface area contributed by atoms with Gasteiger partial charge in [-0.05, 0) is 24.3 Å². The van der Waals surface area contributed by atoms with Crippen molar-refractivity contribution in [3.63, 3.8) is 0 Å². The zero-order valence-corrected chi connectivity index (χ0v) is 16.9. The normalized spacial score (nSPS) is 17.2. The maximum atomic E-state index is 12.8. The molecule has 1 aromatic rings. The van der Waals surface area contributed by atoms with Crippen molar-refractivity contribution in [3.8, 4) is 0 Å².